The molecular formula is C14H23IN4O. The molecule has 0 heterocycles. The van der Waals surface area contributed by atoms with Crippen molar-refractivity contribution in [3.8, 4) is 0 Å². The molecule has 0 bridgehead atoms. The molecule has 0 spiro atoms. The summed E-state index contributed by atoms with van der Waals surface area (Å²) in [5, 5.41) is 6.42. The van der Waals surface area contributed by atoms with Crippen LogP contribution in [0.5, 0.6) is 0 Å². The molecule has 20 heavy (non-hydrogen) atoms. The van der Waals surface area contributed by atoms with E-state index in [1.807, 2.05) is 19.1 Å². The number of amides is 1. The van der Waals surface area contributed by atoms with Crippen LogP contribution in [-0.2, 0) is 6.54 Å². The summed E-state index contributed by atoms with van der Waals surface area (Å²) in [6.45, 7) is 7.53. The Bertz CT molecular complexity index is 443. The van der Waals surface area contributed by atoms with Gasteiger partial charge in [0, 0.05) is 18.2 Å². The lowest BCUT2D eigenvalue weighted by Gasteiger charge is -2.13. The van der Waals surface area contributed by atoms with Crippen molar-refractivity contribution in [2.24, 2.45) is 10.7 Å². The van der Waals surface area contributed by atoms with Crippen molar-refractivity contribution in [2.75, 3.05) is 6.54 Å². The Morgan fingerprint density at radius 1 is 1.30 bits per heavy atom. The molecule has 0 radical (unpaired) electrons. The lowest BCUT2D eigenvalue weighted by atomic mass is 10.1. The lowest BCUT2D eigenvalue weighted by molar-refractivity contribution is 0.100. The summed E-state index contributed by atoms with van der Waals surface area (Å²) in [5.74, 6) is 0.376. The molecule has 5 nitrogen and oxygen atoms in total. The molecule has 0 fully saturated rings. The molecule has 0 saturated carbocycles. The van der Waals surface area contributed by atoms with Crippen LogP contribution in [0.1, 0.15) is 36.7 Å². The standard InChI is InChI=1S/C14H22N4O.HI/c1-4-16-14(18-10(2)3)17-9-11-5-7-12(8-6-11)13(15)19;/h5-8,10H,4,9H2,1-3H3,(H2,15,19)(H2,16,17,18);1H. The Morgan fingerprint density at radius 3 is 2.35 bits per heavy atom. The topological polar surface area (TPSA) is 79.5 Å². The van der Waals surface area contributed by atoms with Crippen molar-refractivity contribution in [2.45, 2.75) is 33.4 Å². The van der Waals surface area contributed by atoms with Crippen molar-refractivity contribution in [3.63, 3.8) is 0 Å². The number of carbonyl (C=O) groups excluding carboxylic acids is 1. The summed E-state index contributed by atoms with van der Waals surface area (Å²) in [4.78, 5) is 15.4. The van der Waals surface area contributed by atoms with E-state index in [1.54, 1.807) is 12.1 Å². The molecule has 0 saturated heterocycles. The number of guanidine groups is 1. The highest BCUT2D eigenvalue weighted by atomic mass is 127. The van der Waals surface area contributed by atoms with E-state index in [0.29, 0.717) is 18.2 Å². The molecular weight excluding hydrogens is 367 g/mol. The Balaban J connectivity index is 0.00000361. The largest absolute Gasteiger partial charge is 0.366 e. The van der Waals surface area contributed by atoms with Crippen LogP contribution in [0.3, 0.4) is 0 Å². The minimum absolute atomic E-state index is 0. The van der Waals surface area contributed by atoms with Crippen LogP contribution in [0.15, 0.2) is 29.3 Å². The van der Waals surface area contributed by atoms with Crippen molar-refractivity contribution < 1.29 is 4.79 Å². The van der Waals surface area contributed by atoms with Gasteiger partial charge in [0.05, 0.1) is 6.54 Å². The van der Waals surface area contributed by atoms with E-state index in [2.05, 4.69) is 29.5 Å². The second kappa shape index (κ2) is 9.57. The van der Waals surface area contributed by atoms with Gasteiger partial charge in [-0.2, -0.15) is 0 Å². The van der Waals surface area contributed by atoms with E-state index in [1.165, 1.54) is 0 Å². The average molecular weight is 390 g/mol. The predicted molar refractivity (Wildman–Crippen MR) is 93.5 cm³/mol. The normalized spacial score (nSPS) is 10.9. The van der Waals surface area contributed by atoms with Gasteiger partial charge >= 0.3 is 0 Å². The molecule has 0 aliphatic carbocycles. The predicted octanol–water partition coefficient (Wildman–Crippen LogP) is 1.87. The van der Waals surface area contributed by atoms with Gasteiger partial charge in [0.25, 0.3) is 0 Å². The summed E-state index contributed by atoms with van der Waals surface area (Å²) in [6.07, 6.45) is 0. The summed E-state index contributed by atoms with van der Waals surface area (Å²) in [5.41, 5.74) is 6.74. The van der Waals surface area contributed by atoms with E-state index in [4.69, 9.17) is 5.73 Å². The number of hydrogen-bond acceptors (Lipinski definition) is 2. The molecule has 0 aliphatic heterocycles. The Hall–Kier alpha value is -1.31. The quantitative estimate of drug-likeness (QED) is 0.408. The fraction of sp³-hybridized carbons (Fsp3) is 0.429. The third kappa shape index (κ3) is 6.74. The molecule has 6 heteroatoms. The summed E-state index contributed by atoms with van der Waals surface area (Å²) >= 11 is 0. The van der Waals surface area contributed by atoms with Crippen LogP contribution < -0.4 is 16.4 Å². The number of primary amides is 1. The Labute approximate surface area is 137 Å². The number of nitrogens with zero attached hydrogens (tertiary/aromatic N) is 1. The Morgan fingerprint density at radius 2 is 1.90 bits per heavy atom. The second-order valence-corrected chi connectivity index (χ2v) is 4.56. The highest BCUT2D eigenvalue weighted by Gasteiger charge is 2.01. The minimum Gasteiger partial charge on any atom is -0.366 e. The van der Waals surface area contributed by atoms with Gasteiger partial charge in [-0.25, -0.2) is 4.99 Å². The van der Waals surface area contributed by atoms with Gasteiger partial charge in [0.2, 0.25) is 5.91 Å². The first-order chi connectivity index (χ1) is 9.02. The van der Waals surface area contributed by atoms with Gasteiger partial charge < -0.3 is 16.4 Å². The molecule has 0 aromatic heterocycles. The van der Waals surface area contributed by atoms with Crippen LogP contribution in [0.2, 0.25) is 0 Å². The lowest BCUT2D eigenvalue weighted by Crippen LogP contribution is -2.40. The molecule has 1 aromatic carbocycles. The maximum absolute atomic E-state index is 11.0. The highest BCUT2D eigenvalue weighted by Crippen LogP contribution is 2.05. The van der Waals surface area contributed by atoms with Crippen molar-refractivity contribution in [1.29, 1.82) is 0 Å². The molecule has 112 valence electrons. The average Bonchev–Trinajstić information content (AvgIpc) is 2.36. The molecule has 1 aromatic rings. The molecule has 1 rings (SSSR count). The number of halogens is 1. The number of benzene rings is 1. The number of aliphatic imine (C=N–C) groups is 1. The Kier molecular flexibility index (Phi) is 8.94. The van der Waals surface area contributed by atoms with E-state index >= 15 is 0 Å². The van der Waals surface area contributed by atoms with Crippen molar-refractivity contribution in [3.05, 3.63) is 35.4 Å². The van der Waals surface area contributed by atoms with E-state index < -0.39 is 5.91 Å². The van der Waals surface area contributed by atoms with E-state index in [0.717, 1.165) is 18.1 Å². The third-order valence-corrected chi connectivity index (χ3v) is 2.43. The summed E-state index contributed by atoms with van der Waals surface area (Å²) < 4.78 is 0. The van der Waals surface area contributed by atoms with Gasteiger partial charge in [0.1, 0.15) is 0 Å². The van der Waals surface area contributed by atoms with E-state index in [-0.39, 0.29) is 24.0 Å². The first-order valence-electron chi connectivity index (χ1n) is 6.46. The van der Waals surface area contributed by atoms with Crippen molar-refractivity contribution >= 4 is 35.8 Å². The molecule has 0 unspecified atom stereocenters. The number of nitrogens with two attached hydrogens (primary N) is 1. The van der Waals surface area contributed by atoms with E-state index in [9.17, 15) is 4.79 Å². The van der Waals surface area contributed by atoms with Gasteiger partial charge in [-0.15, -0.1) is 24.0 Å². The molecule has 0 aliphatic rings. The summed E-state index contributed by atoms with van der Waals surface area (Å²) in [7, 11) is 0. The van der Waals surface area contributed by atoms with Crippen LogP contribution in [0, 0.1) is 0 Å². The first kappa shape index (κ1) is 18.7. The third-order valence-electron chi connectivity index (χ3n) is 2.43. The van der Waals surface area contributed by atoms with Gasteiger partial charge in [-0.3, -0.25) is 4.79 Å². The van der Waals surface area contributed by atoms with Crippen LogP contribution in [0.4, 0.5) is 0 Å². The number of carbonyl (C=O) groups is 1. The monoisotopic (exact) mass is 390 g/mol. The highest BCUT2D eigenvalue weighted by molar-refractivity contribution is 14.0. The zero-order chi connectivity index (χ0) is 14.3. The summed E-state index contributed by atoms with van der Waals surface area (Å²) in [6, 6.07) is 7.49. The molecule has 4 N–H and O–H groups in total. The van der Waals surface area contributed by atoms with Gasteiger partial charge in [0.15, 0.2) is 5.96 Å². The smallest absolute Gasteiger partial charge is 0.248 e. The maximum Gasteiger partial charge on any atom is 0.248 e. The zero-order valence-electron chi connectivity index (χ0n) is 12.1. The molecule has 1 amide bonds. The van der Waals surface area contributed by atoms with Crippen LogP contribution in [-0.4, -0.2) is 24.5 Å². The number of hydrogen-bond donors (Lipinski definition) is 3. The second-order valence-electron chi connectivity index (χ2n) is 4.56. The van der Waals surface area contributed by atoms with Crippen LogP contribution >= 0.6 is 24.0 Å². The van der Waals surface area contributed by atoms with Gasteiger partial charge in [-0.05, 0) is 38.5 Å². The van der Waals surface area contributed by atoms with Crippen molar-refractivity contribution in [1.82, 2.24) is 10.6 Å². The SMILES string of the molecule is CCNC(=NCc1ccc(C(N)=O)cc1)NC(C)C.I. The first-order valence-corrected chi connectivity index (χ1v) is 6.46. The number of rotatable bonds is 5. The fourth-order valence-electron chi connectivity index (χ4n) is 1.54. The zero-order valence-corrected chi connectivity index (χ0v) is 14.5. The number of nitrogens with one attached hydrogen (secondary N) is 2. The minimum atomic E-state index is -0.412. The fourth-order valence-corrected chi connectivity index (χ4v) is 1.54. The molecule has 0 atom stereocenters. The maximum atomic E-state index is 11.0. The van der Waals surface area contributed by atoms with Crippen LogP contribution in [0.25, 0.3) is 0 Å². The van der Waals surface area contributed by atoms with Gasteiger partial charge in [-0.1, -0.05) is 12.1 Å².